The molecule has 6 heteroatoms. The summed E-state index contributed by atoms with van der Waals surface area (Å²) in [6, 6.07) is 14.0. The topological polar surface area (TPSA) is 76.0 Å². The van der Waals surface area contributed by atoms with Crippen LogP contribution < -0.4 is 0 Å². The molecule has 5 nitrogen and oxygen atoms in total. The fraction of sp³-hybridized carbons (Fsp3) is 0.444. The first kappa shape index (κ1) is 35.2. The molecule has 42 heavy (non-hydrogen) atoms. The number of aromatic nitrogens is 3. The van der Waals surface area contributed by atoms with Crippen molar-refractivity contribution in [3.05, 3.63) is 77.1 Å². The summed E-state index contributed by atoms with van der Waals surface area (Å²) < 4.78 is 0. The summed E-state index contributed by atoms with van der Waals surface area (Å²) >= 11 is 0. The molecular weight excluding hydrogens is 699 g/mol. The number of aliphatic hydroxyl groups excluding tert-OH is 1. The van der Waals surface area contributed by atoms with Crippen LogP contribution in [-0.2, 0) is 24.9 Å². The Morgan fingerprint density at radius 1 is 0.905 bits per heavy atom. The average molecular weight is 745 g/mol. The SMILES string of the molecule is CCC(C)(CC)C(=O)/C=C(\O)C(C)(CC)CC.Cc1[c-]c(-c2ncnc3c2ccc2cc(C)nc(C)c23)cc(C)c1.[Ir]. The normalized spacial score (nSPS) is 12.1. The van der Waals surface area contributed by atoms with Gasteiger partial charge in [0.25, 0.3) is 0 Å². The Bertz CT molecular complexity index is 1560. The van der Waals surface area contributed by atoms with Gasteiger partial charge in [-0.2, -0.15) is 0 Å². The van der Waals surface area contributed by atoms with E-state index in [4.69, 9.17) is 0 Å². The molecule has 2 aromatic carbocycles. The molecule has 0 fully saturated rings. The van der Waals surface area contributed by atoms with E-state index in [2.05, 4.69) is 65.2 Å². The van der Waals surface area contributed by atoms with E-state index < -0.39 is 0 Å². The van der Waals surface area contributed by atoms with Crippen LogP contribution >= 0.6 is 0 Å². The number of rotatable bonds is 8. The Kier molecular flexibility index (Phi) is 12.2. The number of pyridine rings is 1. The fourth-order valence-corrected chi connectivity index (χ4v) is 5.15. The van der Waals surface area contributed by atoms with Crippen molar-refractivity contribution < 1.29 is 30.0 Å². The molecule has 2 heterocycles. The monoisotopic (exact) mass is 745 g/mol. The number of hydrogen-bond donors (Lipinski definition) is 1. The number of aliphatic hydroxyl groups is 1. The van der Waals surface area contributed by atoms with Crippen LogP contribution in [0, 0.1) is 44.6 Å². The number of allylic oxidation sites excluding steroid dienone is 2. The minimum absolute atomic E-state index is 0. The van der Waals surface area contributed by atoms with Crippen molar-refractivity contribution in [1.82, 2.24) is 15.0 Å². The van der Waals surface area contributed by atoms with Gasteiger partial charge < -0.3 is 5.11 Å². The van der Waals surface area contributed by atoms with E-state index >= 15 is 0 Å². The third kappa shape index (κ3) is 7.51. The molecule has 0 atom stereocenters. The summed E-state index contributed by atoms with van der Waals surface area (Å²) in [6.07, 6.45) is 6.40. The second kappa shape index (κ2) is 14.5. The smallest absolute Gasteiger partial charge is 0.164 e. The first-order valence-corrected chi connectivity index (χ1v) is 14.8. The van der Waals surface area contributed by atoms with Gasteiger partial charge in [-0.05, 0) is 62.1 Å². The molecule has 2 aromatic heterocycles. The molecule has 0 amide bonds. The van der Waals surface area contributed by atoms with Gasteiger partial charge in [0.2, 0.25) is 0 Å². The largest absolute Gasteiger partial charge is 0.512 e. The molecular formula is C36H46IrN3O2-. The maximum Gasteiger partial charge on any atom is 0.164 e. The van der Waals surface area contributed by atoms with Crippen molar-refractivity contribution in [2.24, 2.45) is 10.8 Å². The van der Waals surface area contributed by atoms with Gasteiger partial charge >= 0.3 is 0 Å². The van der Waals surface area contributed by atoms with Gasteiger partial charge in [0, 0.05) is 53.8 Å². The number of aryl methyl sites for hydroxylation is 4. The van der Waals surface area contributed by atoms with Gasteiger partial charge in [0.15, 0.2) is 5.78 Å². The molecule has 4 rings (SSSR count). The van der Waals surface area contributed by atoms with Crippen LogP contribution in [0.15, 0.2) is 48.5 Å². The Labute approximate surface area is 265 Å². The quantitative estimate of drug-likeness (QED) is 0.0842. The van der Waals surface area contributed by atoms with Gasteiger partial charge in [-0.1, -0.05) is 67.5 Å². The van der Waals surface area contributed by atoms with Crippen LogP contribution in [0.1, 0.15) is 89.7 Å². The summed E-state index contributed by atoms with van der Waals surface area (Å²) in [6.45, 7) is 20.3. The summed E-state index contributed by atoms with van der Waals surface area (Å²) in [5.74, 6) is 0.286. The van der Waals surface area contributed by atoms with E-state index in [-0.39, 0.29) is 42.5 Å². The number of benzene rings is 2. The molecule has 0 spiro atoms. The molecule has 1 radical (unpaired) electrons. The van der Waals surface area contributed by atoms with Crippen LogP contribution in [0.4, 0.5) is 0 Å². The average Bonchev–Trinajstić information content (AvgIpc) is 2.95. The van der Waals surface area contributed by atoms with E-state index in [1.165, 1.54) is 17.0 Å². The molecule has 0 bridgehead atoms. The second-order valence-electron chi connectivity index (χ2n) is 11.8. The third-order valence-corrected chi connectivity index (χ3v) is 8.91. The third-order valence-electron chi connectivity index (χ3n) is 8.91. The zero-order valence-electron chi connectivity index (χ0n) is 26.9. The van der Waals surface area contributed by atoms with Gasteiger partial charge in [-0.15, -0.1) is 34.9 Å². The maximum absolute atomic E-state index is 12.2. The van der Waals surface area contributed by atoms with Crippen molar-refractivity contribution in [3.63, 3.8) is 0 Å². The molecule has 0 aliphatic heterocycles. The van der Waals surface area contributed by atoms with Gasteiger partial charge in [-0.3, -0.25) is 14.8 Å². The first-order valence-electron chi connectivity index (χ1n) is 14.8. The van der Waals surface area contributed by atoms with E-state index in [9.17, 15) is 9.90 Å². The van der Waals surface area contributed by atoms with Crippen LogP contribution in [0.25, 0.3) is 32.9 Å². The van der Waals surface area contributed by atoms with Crippen LogP contribution in [-0.4, -0.2) is 25.8 Å². The van der Waals surface area contributed by atoms with E-state index in [0.717, 1.165) is 70.2 Å². The number of carbonyl (C=O) groups is 1. The number of carbonyl (C=O) groups excluding carboxylic acids is 1. The van der Waals surface area contributed by atoms with Crippen molar-refractivity contribution in [2.75, 3.05) is 0 Å². The molecule has 227 valence electrons. The minimum atomic E-state index is -0.337. The Morgan fingerprint density at radius 3 is 2.10 bits per heavy atom. The van der Waals surface area contributed by atoms with Crippen molar-refractivity contribution in [3.8, 4) is 11.3 Å². The number of fused-ring (bicyclic) bond motifs is 3. The summed E-state index contributed by atoms with van der Waals surface area (Å²) in [4.78, 5) is 25.9. The first-order chi connectivity index (χ1) is 19.3. The van der Waals surface area contributed by atoms with Crippen LogP contribution in [0.3, 0.4) is 0 Å². The molecule has 0 saturated heterocycles. The van der Waals surface area contributed by atoms with Crippen LogP contribution in [0.5, 0.6) is 0 Å². The number of ketones is 1. The summed E-state index contributed by atoms with van der Waals surface area (Å²) in [5, 5.41) is 13.4. The fourth-order valence-electron chi connectivity index (χ4n) is 5.15. The summed E-state index contributed by atoms with van der Waals surface area (Å²) in [5.41, 5.74) is 6.64. The zero-order chi connectivity index (χ0) is 30.5. The maximum atomic E-state index is 12.2. The predicted octanol–water partition coefficient (Wildman–Crippen LogP) is 9.53. The Hall–Kier alpha value is -2.95. The zero-order valence-corrected chi connectivity index (χ0v) is 29.3. The van der Waals surface area contributed by atoms with E-state index in [1.807, 2.05) is 55.4 Å². The predicted molar refractivity (Wildman–Crippen MR) is 171 cm³/mol. The molecule has 0 aliphatic rings. The molecule has 1 N–H and O–H groups in total. The van der Waals surface area contributed by atoms with Gasteiger partial charge in [0.05, 0.1) is 5.52 Å². The van der Waals surface area contributed by atoms with Crippen molar-refractivity contribution in [1.29, 1.82) is 0 Å². The number of nitrogens with zero attached hydrogens (tertiary/aromatic N) is 3. The number of hydrogen-bond acceptors (Lipinski definition) is 5. The second-order valence-corrected chi connectivity index (χ2v) is 11.8. The molecule has 0 unspecified atom stereocenters. The Balaban J connectivity index is 0.000000307. The molecule has 0 saturated carbocycles. The standard InChI is InChI=1S/C21H18N3.C15H28O2.Ir/c1-12-7-13(2)9-17(8-12)20-18-6-5-16-10-14(3)24-15(4)19(16)21(18)23-11-22-20;1-7-14(5,8-2)12(16)11-13(17)15(6,9-3)10-4;/h5-8,10-11H,1-4H3;11,16H,7-10H2,1-6H3;/q-1;;/b;12-11-;. The Morgan fingerprint density at radius 2 is 1.52 bits per heavy atom. The van der Waals surface area contributed by atoms with E-state index in [1.54, 1.807) is 6.33 Å². The summed E-state index contributed by atoms with van der Waals surface area (Å²) in [7, 11) is 0. The van der Waals surface area contributed by atoms with E-state index in [0.29, 0.717) is 0 Å². The molecule has 4 aromatic rings. The minimum Gasteiger partial charge on any atom is -0.512 e. The van der Waals surface area contributed by atoms with Crippen molar-refractivity contribution in [2.45, 2.75) is 94.9 Å². The van der Waals surface area contributed by atoms with Gasteiger partial charge in [0.1, 0.15) is 12.1 Å². The van der Waals surface area contributed by atoms with Gasteiger partial charge in [-0.25, -0.2) is 4.98 Å². The van der Waals surface area contributed by atoms with Crippen LogP contribution in [0.2, 0.25) is 0 Å². The molecule has 0 aliphatic carbocycles. The van der Waals surface area contributed by atoms with Crippen molar-refractivity contribution >= 4 is 27.5 Å².